The molecule has 4 nitrogen and oxygen atoms in total. The summed E-state index contributed by atoms with van der Waals surface area (Å²) in [6, 6.07) is 18.2. The van der Waals surface area contributed by atoms with E-state index < -0.39 is 0 Å². The number of rotatable bonds is 6. The summed E-state index contributed by atoms with van der Waals surface area (Å²) in [6.07, 6.45) is 0.974. The van der Waals surface area contributed by atoms with Crippen LogP contribution in [0.5, 0.6) is 5.75 Å². The summed E-state index contributed by atoms with van der Waals surface area (Å²) in [5.41, 5.74) is 2.11. The van der Waals surface area contributed by atoms with Gasteiger partial charge in [0.05, 0.1) is 7.11 Å². The fraction of sp³-hybridized carbons (Fsp3) is 0.286. The molecule has 1 unspecified atom stereocenters. The molecule has 0 spiro atoms. The Morgan fingerprint density at radius 3 is 2.68 bits per heavy atom. The third-order valence-electron chi connectivity index (χ3n) is 4.63. The lowest BCUT2D eigenvalue weighted by molar-refractivity contribution is 0.227. The van der Waals surface area contributed by atoms with E-state index in [1.54, 1.807) is 7.11 Å². The Kier molecular flexibility index (Phi) is 5.19. The zero-order valence-electron chi connectivity index (χ0n) is 15.0. The van der Waals surface area contributed by atoms with Crippen molar-refractivity contribution in [2.75, 3.05) is 14.2 Å². The van der Waals surface area contributed by atoms with Gasteiger partial charge in [0, 0.05) is 23.7 Å². The van der Waals surface area contributed by atoms with Crippen LogP contribution in [0.3, 0.4) is 0 Å². The molecule has 0 saturated heterocycles. The van der Waals surface area contributed by atoms with E-state index in [0.29, 0.717) is 6.54 Å². The van der Waals surface area contributed by atoms with Crippen LogP contribution < -0.4 is 10.3 Å². The number of benzene rings is 2. The molecule has 1 atom stereocenters. The molecule has 0 bridgehead atoms. The van der Waals surface area contributed by atoms with Crippen molar-refractivity contribution in [1.29, 1.82) is 0 Å². The van der Waals surface area contributed by atoms with E-state index in [2.05, 4.69) is 42.1 Å². The van der Waals surface area contributed by atoms with Gasteiger partial charge in [-0.3, -0.25) is 9.69 Å². The normalized spacial score (nSPS) is 12.5. The number of aromatic nitrogens is 1. The topological polar surface area (TPSA) is 45.3 Å². The van der Waals surface area contributed by atoms with Crippen molar-refractivity contribution < 1.29 is 4.74 Å². The second-order valence-corrected chi connectivity index (χ2v) is 6.33. The zero-order chi connectivity index (χ0) is 17.8. The van der Waals surface area contributed by atoms with Gasteiger partial charge in [-0.1, -0.05) is 37.3 Å². The number of fused-ring (bicyclic) bond motifs is 1. The molecule has 0 radical (unpaired) electrons. The predicted molar refractivity (Wildman–Crippen MR) is 102 cm³/mol. The Hall–Kier alpha value is -2.59. The molecule has 3 rings (SSSR count). The van der Waals surface area contributed by atoms with Crippen molar-refractivity contribution in [3.05, 3.63) is 76.2 Å². The van der Waals surface area contributed by atoms with Crippen LogP contribution in [0.2, 0.25) is 0 Å². The first-order chi connectivity index (χ1) is 12.1. The van der Waals surface area contributed by atoms with Crippen molar-refractivity contribution >= 4 is 10.8 Å². The van der Waals surface area contributed by atoms with Crippen molar-refractivity contribution in [2.45, 2.75) is 25.9 Å². The molecule has 4 heteroatoms. The van der Waals surface area contributed by atoms with Gasteiger partial charge in [-0.25, -0.2) is 0 Å². The average molecular weight is 336 g/mol. The van der Waals surface area contributed by atoms with E-state index in [0.717, 1.165) is 28.6 Å². The minimum atomic E-state index is -0.0315. The monoisotopic (exact) mass is 336 g/mol. The first kappa shape index (κ1) is 17.2. The molecule has 1 aromatic heterocycles. The van der Waals surface area contributed by atoms with E-state index in [-0.39, 0.29) is 11.6 Å². The average Bonchev–Trinajstić information content (AvgIpc) is 2.62. The standard InChI is InChI=1S/C21H24N2O2/c1-4-20(16-9-7-10-18(13-16)25-3)23(2)14-17-12-15-8-5-6-11-19(15)21(24)22-17/h5-13,20H,4,14H2,1-3H3,(H,22,24). The van der Waals surface area contributed by atoms with Crippen LogP contribution in [0, 0.1) is 0 Å². The summed E-state index contributed by atoms with van der Waals surface area (Å²) in [7, 11) is 3.77. The molecule has 0 amide bonds. The molecule has 0 fully saturated rings. The summed E-state index contributed by atoms with van der Waals surface area (Å²) in [5, 5.41) is 1.71. The molecule has 0 aliphatic heterocycles. The third kappa shape index (κ3) is 3.74. The lowest BCUT2D eigenvalue weighted by Crippen LogP contribution is -2.25. The van der Waals surface area contributed by atoms with E-state index in [9.17, 15) is 4.79 Å². The first-order valence-electron chi connectivity index (χ1n) is 8.57. The van der Waals surface area contributed by atoms with Crippen molar-refractivity contribution in [3.8, 4) is 5.75 Å². The second kappa shape index (κ2) is 7.53. The highest BCUT2D eigenvalue weighted by Gasteiger charge is 2.16. The molecule has 130 valence electrons. The highest BCUT2D eigenvalue weighted by atomic mass is 16.5. The van der Waals surface area contributed by atoms with E-state index in [1.807, 2.05) is 36.4 Å². The number of hydrogen-bond donors (Lipinski definition) is 1. The zero-order valence-corrected chi connectivity index (χ0v) is 15.0. The lowest BCUT2D eigenvalue weighted by Gasteiger charge is -2.27. The Morgan fingerprint density at radius 1 is 1.12 bits per heavy atom. The van der Waals surface area contributed by atoms with Crippen LogP contribution in [0.15, 0.2) is 59.4 Å². The van der Waals surface area contributed by atoms with Crippen LogP contribution in [0.25, 0.3) is 10.8 Å². The highest BCUT2D eigenvalue weighted by Crippen LogP contribution is 2.27. The summed E-state index contributed by atoms with van der Waals surface area (Å²) < 4.78 is 5.35. The molecule has 1 heterocycles. The Morgan fingerprint density at radius 2 is 1.92 bits per heavy atom. The molecular weight excluding hydrogens is 312 g/mol. The van der Waals surface area contributed by atoms with Crippen LogP contribution in [-0.4, -0.2) is 24.0 Å². The largest absolute Gasteiger partial charge is 0.497 e. The number of hydrogen-bond acceptors (Lipinski definition) is 3. The third-order valence-corrected chi connectivity index (χ3v) is 4.63. The smallest absolute Gasteiger partial charge is 0.256 e. The van der Waals surface area contributed by atoms with Crippen molar-refractivity contribution in [3.63, 3.8) is 0 Å². The van der Waals surface area contributed by atoms with Gasteiger partial charge >= 0.3 is 0 Å². The number of aromatic amines is 1. The fourth-order valence-electron chi connectivity index (χ4n) is 3.38. The summed E-state index contributed by atoms with van der Waals surface area (Å²) in [5.74, 6) is 0.864. The van der Waals surface area contributed by atoms with Crippen molar-refractivity contribution in [1.82, 2.24) is 9.88 Å². The number of methoxy groups -OCH3 is 1. The van der Waals surface area contributed by atoms with Gasteiger partial charge in [0.25, 0.3) is 5.56 Å². The van der Waals surface area contributed by atoms with Gasteiger partial charge in [-0.2, -0.15) is 0 Å². The summed E-state index contributed by atoms with van der Waals surface area (Å²) >= 11 is 0. The maximum absolute atomic E-state index is 12.3. The van der Waals surface area contributed by atoms with Gasteiger partial charge in [-0.05, 0) is 48.7 Å². The quantitative estimate of drug-likeness (QED) is 0.736. The Bertz CT molecular complexity index is 917. The van der Waals surface area contributed by atoms with Gasteiger partial charge < -0.3 is 9.72 Å². The minimum Gasteiger partial charge on any atom is -0.497 e. The Labute approximate surface area is 148 Å². The molecule has 3 aromatic rings. The van der Waals surface area contributed by atoms with Gasteiger partial charge in [0.2, 0.25) is 0 Å². The predicted octanol–water partition coefficient (Wildman–Crippen LogP) is 4.12. The second-order valence-electron chi connectivity index (χ2n) is 6.33. The van der Waals surface area contributed by atoms with Gasteiger partial charge in [0.1, 0.15) is 5.75 Å². The van der Waals surface area contributed by atoms with E-state index in [4.69, 9.17) is 4.74 Å². The number of ether oxygens (including phenoxy) is 1. The summed E-state index contributed by atoms with van der Waals surface area (Å²) in [4.78, 5) is 17.6. The summed E-state index contributed by atoms with van der Waals surface area (Å²) in [6.45, 7) is 2.85. The van der Waals surface area contributed by atoms with Crippen LogP contribution >= 0.6 is 0 Å². The van der Waals surface area contributed by atoms with Crippen molar-refractivity contribution in [2.24, 2.45) is 0 Å². The Balaban J connectivity index is 1.87. The lowest BCUT2D eigenvalue weighted by atomic mass is 10.0. The van der Waals surface area contributed by atoms with Crippen LogP contribution in [0.4, 0.5) is 0 Å². The maximum Gasteiger partial charge on any atom is 0.256 e. The highest BCUT2D eigenvalue weighted by molar-refractivity contribution is 5.81. The molecule has 0 aliphatic rings. The molecular formula is C21H24N2O2. The molecule has 0 saturated carbocycles. The molecule has 25 heavy (non-hydrogen) atoms. The number of pyridine rings is 1. The minimum absolute atomic E-state index is 0.0315. The SMILES string of the molecule is CCC(c1cccc(OC)c1)N(C)Cc1cc2ccccc2c(=O)[nH]1. The number of nitrogens with zero attached hydrogens (tertiary/aromatic N) is 1. The molecule has 2 aromatic carbocycles. The fourth-order valence-corrected chi connectivity index (χ4v) is 3.38. The van der Waals surface area contributed by atoms with E-state index in [1.165, 1.54) is 5.56 Å². The van der Waals surface area contributed by atoms with Crippen LogP contribution in [-0.2, 0) is 6.54 Å². The maximum atomic E-state index is 12.3. The van der Waals surface area contributed by atoms with Crippen LogP contribution in [0.1, 0.15) is 30.6 Å². The van der Waals surface area contributed by atoms with Gasteiger partial charge in [-0.15, -0.1) is 0 Å². The molecule has 0 aliphatic carbocycles. The van der Waals surface area contributed by atoms with Gasteiger partial charge in [0.15, 0.2) is 0 Å². The number of H-pyrrole nitrogens is 1. The molecule has 1 N–H and O–H groups in total. The first-order valence-corrected chi connectivity index (χ1v) is 8.57. The number of nitrogens with one attached hydrogen (secondary N) is 1. The van der Waals surface area contributed by atoms with E-state index >= 15 is 0 Å².